The Morgan fingerprint density at radius 1 is 1.42 bits per heavy atom. The zero-order valence-corrected chi connectivity index (χ0v) is 12.5. The van der Waals surface area contributed by atoms with Gasteiger partial charge in [0.15, 0.2) is 0 Å². The highest BCUT2D eigenvalue weighted by atomic mass is 79.9. The van der Waals surface area contributed by atoms with Gasteiger partial charge in [-0.1, -0.05) is 41.9 Å². The molecule has 0 radical (unpaired) electrons. The quantitative estimate of drug-likeness (QED) is 0.495. The van der Waals surface area contributed by atoms with E-state index in [4.69, 9.17) is 0 Å². The Labute approximate surface area is 120 Å². The number of carbonyl (C=O) groups is 1. The van der Waals surface area contributed by atoms with Crippen molar-refractivity contribution in [3.05, 3.63) is 39.9 Å². The average molecular weight is 329 g/mol. The average Bonchev–Trinajstić information content (AvgIpc) is 2.37. The summed E-state index contributed by atoms with van der Waals surface area (Å²) in [6.45, 7) is 4.01. The van der Waals surface area contributed by atoms with Gasteiger partial charge in [0, 0.05) is 17.4 Å². The van der Waals surface area contributed by atoms with Crippen LogP contribution < -0.4 is 5.32 Å². The number of nitrogens with zero attached hydrogens (tertiary/aromatic N) is 1. The Balaban J connectivity index is 2.91. The van der Waals surface area contributed by atoms with E-state index >= 15 is 0 Å². The zero-order chi connectivity index (χ0) is 14.4. The fourth-order valence-electron chi connectivity index (χ4n) is 1.76. The first kappa shape index (κ1) is 15.6. The number of hydrogen-bond donors (Lipinski definition) is 1. The molecule has 0 aromatic heterocycles. The number of benzene rings is 1. The predicted octanol–water partition coefficient (Wildman–Crippen LogP) is 3.13. The number of nitrogens with one attached hydrogen (secondary N) is 1. The van der Waals surface area contributed by atoms with Crippen LogP contribution in [0.1, 0.15) is 30.6 Å². The summed E-state index contributed by atoms with van der Waals surface area (Å²) < 4.78 is 0. The van der Waals surface area contributed by atoms with Gasteiger partial charge in [0.2, 0.25) is 0 Å². The van der Waals surface area contributed by atoms with Crippen molar-refractivity contribution in [3.8, 4) is 0 Å². The van der Waals surface area contributed by atoms with Crippen LogP contribution in [0.3, 0.4) is 0 Å². The number of alkyl halides is 1. The van der Waals surface area contributed by atoms with Gasteiger partial charge < -0.3 is 5.32 Å². The maximum Gasteiger partial charge on any atom is 0.282 e. The van der Waals surface area contributed by atoms with Gasteiger partial charge >= 0.3 is 0 Å². The molecule has 6 heteroatoms. The van der Waals surface area contributed by atoms with Crippen molar-refractivity contribution in [2.24, 2.45) is 5.92 Å². The predicted molar refractivity (Wildman–Crippen MR) is 77.6 cm³/mol. The third-order valence-electron chi connectivity index (χ3n) is 2.89. The Morgan fingerprint density at radius 3 is 2.58 bits per heavy atom. The number of halogens is 1. The maximum atomic E-state index is 12.1. The van der Waals surface area contributed by atoms with Gasteiger partial charge in [-0.05, 0) is 18.4 Å². The molecular weight excluding hydrogens is 312 g/mol. The van der Waals surface area contributed by atoms with Crippen molar-refractivity contribution in [3.63, 3.8) is 0 Å². The van der Waals surface area contributed by atoms with Crippen LogP contribution in [0, 0.1) is 16.0 Å². The maximum absolute atomic E-state index is 12.1. The van der Waals surface area contributed by atoms with Crippen LogP contribution in [0.4, 0.5) is 5.69 Å². The van der Waals surface area contributed by atoms with E-state index in [1.54, 1.807) is 12.1 Å². The summed E-state index contributed by atoms with van der Waals surface area (Å²) in [5, 5.41) is 14.5. The van der Waals surface area contributed by atoms with Crippen LogP contribution in [-0.4, -0.2) is 22.2 Å². The van der Waals surface area contributed by atoms with Gasteiger partial charge in [-0.2, -0.15) is 0 Å². The van der Waals surface area contributed by atoms with Gasteiger partial charge in [-0.15, -0.1) is 0 Å². The number of para-hydroxylation sites is 1. The summed E-state index contributed by atoms with van der Waals surface area (Å²) in [5.74, 6) is -0.129. The molecule has 0 bridgehead atoms. The summed E-state index contributed by atoms with van der Waals surface area (Å²) in [5.41, 5.74) is -0.0610. The topological polar surface area (TPSA) is 72.2 Å². The number of carbonyl (C=O) groups excluding carboxylic acids is 1. The zero-order valence-electron chi connectivity index (χ0n) is 10.9. The highest BCUT2D eigenvalue weighted by Crippen LogP contribution is 2.18. The smallest absolute Gasteiger partial charge is 0.282 e. The first-order chi connectivity index (χ1) is 8.97. The second-order valence-corrected chi connectivity index (χ2v) is 5.37. The van der Waals surface area contributed by atoms with Crippen molar-refractivity contribution >= 4 is 27.5 Å². The molecule has 0 saturated heterocycles. The largest absolute Gasteiger partial charge is 0.349 e. The summed E-state index contributed by atoms with van der Waals surface area (Å²) in [7, 11) is 0. The summed E-state index contributed by atoms with van der Waals surface area (Å²) in [6, 6.07) is 5.97. The molecule has 1 aromatic carbocycles. The molecule has 1 atom stereocenters. The van der Waals surface area contributed by atoms with Crippen molar-refractivity contribution in [2.45, 2.75) is 26.3 Å². The normalized spacial score (nSPS) is 12.2. The minimum absolute atomic E-state index is 0.00770. The van der Waals surface area contributed by atoms with E-state index < -0.39 is 10.8 Å². The number of rotatable bonds is 6. The standard InChI is InChI=1S/C13H17BrN2O3/c1-9(2)11(7-8-14)15-13(17)10-5-3-4-6-12(10)16(18)19/h3-6,9,11H,7-8H2,1-2H3,(H,15,17). The van der Waals surface area contributed by atoms with E-state index in [0.29, 0.717) is 0 Å². The fourth-order valence-corrected chi connectivity index (χ4v) is 2.25. The second-order valence-electron chi connectivity index (χ2n) is 4.58. The molecule has 0 aliphatic heterocycles. The van der Waals surface area contributed by atoms with Crippen LogP contribution in [0.15, 0.2) is 24.3 Å². The molecule has 5 nitrogen and oxygen atoms in total. The van der Waals surface area contributed by atoms with Crippen LogP contribution in [-0.2, 0) is 0 Å². The Hall–Kier alpha value is -1.43. The van der Waals surface area contributed by atoms with E-state index in [-0.39, 0.29) is 23.2 Å². The molecule has 1 N–H and O–H groups in total. The van der Waals surface area contributed by atoms with Crippen molar-refractivity contribution in [1.82, 2.24) is 5.32 Å². The lowest BCUT2D eigenvalue weighted by Crippen LogP contribution is -2.39. The Morgan fingerprint density at radius 2 is 2.05 bits per heavy atom. The summed E-state index contributed by atoms with van der Waals surface area (Å²) >= 11 is 3.34. The highest BCUT2D eigenvalue weighted by Gasteiger charge is 2.22. The number of amides is 1. The van der Waals surface area contributed by atoms with Gasteiger partial charge in [0.1, 0.15) is 5.56 Å². The van der Waals surface area contributed by atoms with Crippen LogP contribution in [0.5, 0.6) is 0 Å². The van der Waals surface area contributed by atoms with Gasteiger partial charge in [0.05, 0.1) is 4.92 Å². The van der Waals surface area contributed by atoms with Crippen LogP contribution in [0.2, 0.25) is 0 Å². The molecule has 104 valence electrons. The molecule has 1 aromatic rings. The van der Waals surface area contributed by atoms with Crippen LogP contribution >= 0.6 is 15.9 Å². The van der Waals surface area contributed by atoms with E-state index in [1.807, 2.05) is 13.8 Å². The number of nitro groups is 1. The third-order valence-corrected chi connectivity index (χ3v) is 3.34. The molecule has 0 saturated carbocycles. The van der Waals surface area contributed by atoms with E-state index in [1.165, 1.54) is 12.1 Å². The lowest BCUT2D eigenvalue weighted by Gasteiger charge is -2.21. The van der Waals surface area contributed by atoms with Crippen LogP contribution in [0.25, 0.3) is 0 Å². The molecule has 0 fully saturated rings. The molecule has 19 heavy (non-hydrogen) atoms. The molecule has 0 aliphatic carbocycles. The number of hydrogen-bond acceptors (Lipinski definition) is 3. The minimum atomic E-state index is -0.538. The SMILES string of the molecule is CC(C)C(CCBr)NC(=O)c1ccccc1[N+](=O)[O-]. The molecular formula is C13H17BrN2O3. The first-order valence-corrected chi connectivity index (χ1v) is 7.19. The fraction of sp³-hybridized carbons (Fsp3) is 0.462. The molecule has 1 unspecified atom stereocenters. The Bertz CT molecular complexity index is 463. The summed E-state index contributed by atoms with van der Waals surface area (Å²) in [4.78, 5) is 22.5. The lowest BCUT2D eigenvalue weighted by atomic mass is 10.0. The van der Waals surface area contributed by atoms with Gasteiger partial charge in [0.25, 0.3) is 11.6 Å². The molecule has 0 spiro atoms. The van der Waals surface area contributed by atoms with Crippen molar-refractivity contribution < 1.29 is 9.72 Å². The first-order valence-electron chi connectivity index (χ1n) is 6.07. The van der Waals surface area contributed by atoms with E-state index in [9.17, 15) is 14.9 Å². The van der Waals surface area contributed by atoms with Gasteiger partial charge in [-0.25, -0.2) is 0 Å². The molecule has 0 heterocycles. The van der Waals surface area contributed by atoms with Gasteiger partial charge in [-0.3, -0.25) is 14.9 Å². The third kappa shape index (κ3) is 4.31. The second kappa shape index (κ2) is 7.23. The lowest BCUT2D eigenvalue weighted by molar-refractivity contribution is -0.385. The number of nitro benzene ring substituents is 1. The van der Waals surface area contributed by atoms with Crippen molar-refractivity contribution in [2.75, 3.05) is 5.33 Å². The minimum Gasteiger partial charge on any atom is -0.349 e. The van der Waals surface area contributed by atoms with E-state index in [0.717, 1.165) is 11.8 Å². The molecule has 1 rings (SSSR count). The summed E-state index contributed by atoms with van der Waals surface area (Å²) in [6.07, 6.45) is 0.782. The molecule has 0 aliphatic rings. The monoisotopic (exact) mass is 328 g/mol. The van der Waals surface area contributed by atoms with Crippen molar-refractivity contribution in [1.29, 1.82) is 0 Å². The highest BCUT2D eigenvalue weighted by molar-refractivity contribution is 9.09. The Kier molecular flexibility index (Phi) is 5.95. The van der Waals surface area contributed by atoms with E-state index in [2.05, 4.69) is 21.2 Å². The molecule has 1 amide bonds.